The molecule has 0 aromatic heterocycles. The van der Waals surface area contributed by atoms with Gasteiger partial charge >= 0.3 is 12.1 Å². The lowest BCUT2D eigenvalue weighted by Crippen LogP contribution is -2.38. The molecule has 2 amide bonds. The molecular weight excluding hydrogens is 302 g/mol. The van der Waals surface area contributed by atoms with Crippen LogP contribution in [0.1, 0.15) is 12.0 Å². The van der Waals surface area contributed by atoms with Gasteiger partial charge in [-0.05, 0) is 18.5 Å². The van der Waals surface area contributed by atoms with Crippen LogP contribution in [0.2, 0.25) is 0 Å². The molecule has 0 bridgehead atoms. The largest absolute Gasteiger partial charge is 0.480 e. The second kappa shape index (κ2) is 11.0. The molecule has 0 unspecified atom stereocenters. The molecule has 0 saturated carbocycles. The SMILES string of the molecule is O=C(O)CNCCCNC(=O)CNC(=O)OCc1ccccc1. The number of carbonyl (C=O) groups is 3. The summed E-state index contributed by atoms with van der Waals surface area (Å²) in [5, 5.41) is 16.1. The number of benzene rings is 1. The van der Waals surface area contributed by atoms with Gasteiger partial charge in [-0.25, -0.2) is 4.79 Å². The lowest BCUT2D eigenvalue weighted by molar-refractivity contribution is -0.136. The molecule has 0 heterocycles. The standard InChI is InChI=1S/C15H21N3O5/c19-13(17-8-4-7-16-10-14(20)21)9-18-15(22)23-11-12-5-2-1-3-6-12/h1-3,5-6,16H,4,7-11H2,(H,17,19)(H,18,22)(H,20,21). The van der Waals surface area contributed by atoms with Crippen LogP contribution in [0.25, 0.3) is 0 Å². The maximum Gasteiger partial charge on any atom is 0.407 e. The first kappa shape index (κ1) is 18.4. The average molecular weight is 323 g/mol. The summed E-state index contributed by atoms with van der Waals surface area (Å²) in [6.45, 7) is 0.744. The summed E-state index contributed by atoms with van der Waals surface area (Å²) in [6, 6.07) is 9.21. The predicted molar refractivity (Wildman–Crippen MR) is 82.8 cm³/mol. The van der Waals surface area contributed by atoms with E-state index in [0.717, 1.165) is 5.56 Å². The van der Waals surface area contributed by atoms with Crippen LogP contribution in [0.15, 0.2) is 30.3 Å². The summed E-state index contributed by atoms with van der Waals surface area (Å²) in [5.74, 6) is -1.26. The highest BCUT2D eigenvalue weighted by Crippen LogP contribution is 2.00. The molecule has 23 heavy (non-hydrogen) atoms. The van der Waals surface area contributed by atoms with E-state index in [2.05, 4.69) is 16.0 Å². The summed E-state index contributed by atoms with van der Waals surface area (Å²) < 4.78 is 4.96. The van der Waals surface area contributed by atoms with E-state index in [4.69, 9.17) is 9.84 Å². The van der Waals surface area contributed by atoms with Crippen LogP contribution in [-0.4, -0.2) is 49.3 Å². The molecule has 0 radical (unpaired) electrons. The van der Waals surface area contributed by atoms with Crippen LogP contribution >= 0.6 is 0 Å². The number of nitrogens with one attached hydrogen (secondary N) is 3. The molecule has 1 aromatic rings. The topological polar surface area (TPSA) is 117 Å². The van der Waals surface area contributed by atoms with Gasteiger partial charge in [0.15, 0.2) is 0 Å². The number of rotatable bonds is 10. The molecule has 4 N–H and O–H groups in total. The lowest BCUT2D eigenvalue weighted by Gasteiger charge is -2.08. The van der Waals surface area contributed by atoms with Gasteiger partial charge in [-0.15, -0.1) is 0 Å². The van der Waals surface area contributed by atoms with Crippen molar-refractivity contribution < 1.29 is 24.2 Å². The monoisotopic (exact) mass is 323 g/mol. The molecule has 1 aromatic carbocycles. The Morgan fingerprint density at radius 2 is 1.74 bits per heavy atom. The third-order valence-corrected chi connectivity index (χ3v) is 2.73. The maximum atomic E-state index is 11.5. The van der Waals surface area contributed by atoms with Gasteiger partial charge < -0.3 is 25.8 Å². The average Bonchev–Trinajstić information content (AvgIpc) is 2.55. The van der Waals surface area contributed by atoms with Gasteiger partial charge in [-0.2, -0.15) is 0 Å². The zero-order chi connectivity index (χ0) is 16.9. The third kappa shape index (κ3) is 9.86. The molecule has 126 valence electrons. The quantitative estimate of drug-likeness (QED) is 0.454. The van der Waals surface area contributed by atoms with Gasteiger partial charge in [0.2, 0.25) is 5.91 Å². The smallest absolute Gasteiger partial charge is 0.407 e. The zero-order valence-corrected chi connectivity index (χ0v) is 12.7. The van der Waals surface area contributed by atoms with E-state index in [1.807, 2.05) is 30.3 Å². The van der Waals surface area contributed by atoms with Crippen molar-refractivity contribution in [2.75, 3.05) is 26.2 Å². The van der Waals surface area contributed by atoms with Gasteiger partial charge in [0.05, 0.1) is 13.1 Å². The van der Waals surface area contributed by atoms with Crippen LogP contribution in [-0.2, 0) is 20.9 Å². The van der Waals surface area contributed by atoms with E-state index in [1.165, 1.54) is 0 Å². The molecule has 0 aliphatic heterocycles. The highest BCUT2D eigenvalue weighted by molar-refractivity contribution is 5.82. The summed E-state index contributed by atoms with van der Waals surface area (Å²) in [4.78, 5) is 33.1. The number of carboxylic acids is 1. The summed E-state index contributed by atoms with van der Waals surface area (Å²) >= 11 is 0. The molecule has 8 heteroatoms. The Balaban J connectivity index is 2.02. The van der Waals surface area contributed by atoms with Gasteiger partial charge in [0.25, 0.3) is 0 Å². The minimum atomic E-state index is -0.924. The van der Waals surface area contributed by atoms with Gasteiger partial charge in [0.1, 0.15) is 6.61 Å². The van der Waals surface area contributed by atoms with Gasteiger partial charge in [0, 0.05) is 6.54 Å². The Kier molecular flexibility index (Phi) is 8.84. The minimum absolute atomic E-state index is 0.108. The van der Waals surface area contributed by atoms with Crippen molar-refractivity contribution in [1.29, 1.82) is 0 Å². The fourth-order valence-corrected chi connectivity index (χ4v) is 1.63. The Labute approximate surface area is 134 Å². The Morgan fingerprint density at radius 3 is 2.43 bits per heavy atom. The van der Waals surface area contributed by atoms with E-state index in [-0.39, 0.29) is 25.6 Å². The molecular formula is C15H21N3O5. The summed E-state index contributed by atoms with van der Waals surface area (Å²) in [6.07, 6.45) is -0.0654. The van der Waals surface area contributed by atoms with Crippen molar-refractivity contribution in [3.8, 4) is 0 Å². The van der Waals surface area contributed by atoms with Crippen molar-refractivity contribution >= 4 is 18.0 Å². The van der Waals surface area contributed by atoms with Crippen LogP contribution in [0.4, 0.5) is 4.79 Å². The third-order valence-electron chi connectivity index (χ3n) is 2.73. The number of aliphatic carboxylic acids is 1. The first-order valence-corrected chi connectivity index (χ1v) is 7.21. The number of hydrogen-bond acceptors (Lipinski definition) is 5. The minimum Gasteiger partial charge on any atom is -0.480 e. The molecule has 0 fully saturated rings. The molecule has 0 atom stereocenters. The predicted octanol–water partition coefficient (Wildman–Crippen LogP) is 0.0933. The first-order chi connectivity index (χ1) is 11.1. The first-order valence-electron chi connectivity index (χ1n) is 7.21. The highest BCUT2D eigenvalue weighted by atomic mass is 16.5. The number of alkyl carbamates (subject to hydrolysis) is 1. The summed E-state index contributed by atoms with van der Waals surface area (Å²) in [7, 11) is 0. The Morgan fingerprint density at radius 1 is 1.00 bits per heavy atom. The normalized spacial score (nSPS) is 9.91. The molecule has 0 saturated heterocycles. The number of carbonyl (C=O) groups excluding carboxylic acids is 2. The van der Waals surface area contributed by atoms with Crippen LogP contribution in [0, 0.1) is 0 Å². The molecule has 0 aliphatic rings. The second-order valence-electron chi connectivity index (χ2n) is 4.69. The van der Waals surface area contributed by atoms with E-state index in [0.29, 0.717) is 19.5 Å². The molecule has 8 nitrogen and oxygen atoms in total. The maximum absolute atomic E-state index is 11.5. The molecule has 0 aliphatic carbocycles. The van der Waals surface area contributed by atoms with E-state index in [9.17, 15) is 14.4 Å². The van der Waals surface area contributed by atoms with Crippen LogP contribution in [0.5, 0.6) is 0 Å². The van der Waals surface area contributed by atoms with Gasteiger partial charge in [-0.1, -0.05) is 30.3 Å². The van der Waals surface area contributed by atoms with Crippen molar-refractivity contribution in [1.82, 2.24) is 16.0 Å². The number of ether oxygens (including phenoxy) is 1. The van der Waals surface area contributed by atoms with Crippen molar-refractivity contribution in [3.63, 3.8) is 0 Å². The fraction of sp³-hybridized carbons (Fsp3) is 0.400. The number of amides is 2. The number of hydrogen-bond donors (Lipinski definition) is 4. The van der Waals surface area contributed by atoms with E-state index < -0.39 is 12.1 Å². The Bertz CT molecular complexity index is 507. The second-order valence-corrected chi connectivity index (χ2v) is 4.69. The molecule has 1 rings (SSSR count). The lowest BCUT2D eigenvalue weighted by atomic mass is 10.2. The fourth-order valence-electron chi connectivity index (χ4n) is 1.63. The van der Waals surface area contributed by atoms with Crippen molar-refractivity contribution in [2.45, 2.75) is 13.0 Å². The van der Waals surface area contributed by atoms with Gasteiger partial charge in [-0.3, -0.25) is 9.59 Å². The summed E-state index contributed by atoms with van der Waals surface area (Å²) in [5.41, 5.74) is 0.862. The van der Waals surface area contributed by atoms with Crippen LogP contribution < -0.4 is 16.0 Å². The highest BCUT2D eigenvalue weighted by Gasteiger charge is 2.06. The van der Waals surface area contributed by atoms with E-state index in [1.54, 1.807) is 0 Å². The Hall–Kier alpha value is -2.61. The zero-order valence-electron chi connectivity index (χ0n) is 12.7. The van der Waals surface area contributed by atoms with Crippen molar-refractivity contribution in [3.05, 3.63) is 35.9 Å². The van der Waals surface area contributed by atoms with E-state index >= 15 is 0 Å². The van der Waals surface area contributed by atoms with Crippen LogP contribution in [0.3, 0.4) is 0 Å². The number of carboxylic acid groups (broad SMARTS) is 1. The van der Waals surface area contributed by atoms with Crippen molar-refractivity contribution in [2.24, 2.45) is 0 Å². The molecule has 0 spiro atoms.